The zero-order chi connectivity index (χ0) is 13.7. The predicted molar refractivity (Wildman–Crippen MR) is 78.8 cm³/mol. The standard InChI is InChI=1S/C7H5BrN2.C7H7NO/c8-6-1-2-7-5(3-6)4-9-10-7;8-7(9)6-4-2-1-3-5-6/h1-4H,(H,9,10);1-5H,(H2,8,9). The number of H-pyrrole nitrogens is 1. The van der Waals surface area contributed by atoms with Crippen LogP contribution in [0.15, 0.2) is 59.2 Å². The van der Waals surface area contributed by atoms with Crippen molar-refractivity contribution in [3.8, 4) is 0 Å². The summed E-state index contributed by atoms with van der Waals surface area (Å²) in [7, 11) is 0. The Morgan fingerprint density at radius 1 is 1.16 bits per heavy atom. The number of hydrogen-bond donors (Lipinski definition) is 2. The first-order chi connectivity index (χ1) is 9.16. The van der Waals surface area contributed by atoms with Crippen LogP contribution in [0, 0.1) is 0 Å². The van der Waals surface area contributed by atoms with Crippen LogP contribution in [-0.2, 0) is 0 Å². The van der Waals surface area contributed by atoms with Crippen LogP contribution in [0.25, 0.3) is 10.9 Å². The minimum Gasteiger partial charge on any atom is -0.366 e. The number of carbonyl (C=O) groups excluding carboxylic acids is 1. The van der Waals surface area contributed by atoms with Gasteiger partial charge in [0.15, 0.2) is 0 Å². The average Bonchev–Trinajstić information content (AvgIpc) is 2.87. The smallest absolute Gasteiger partial charge is 0.248 e. The fraction of sp³-hybridized carbons (Fsp3) is 0. The second-order valence-corrected chi connectivity index (χ2v) is 4.75. The SMILES string of the molecule is Brc1ccc2[nH]ncc2c1.NC(=O)c1ccccc1. The van der Waals surface area contributed by atoms with Crippen molar-refractivity contribution in [1.29, 1.82) is 0 Å². The molecule has 5 heteroatoms. The topological polar surface area (TPSA) is 71.8 Å². The quantitative estimate of drug-likeness (QED) is 0.723. The molecule has 3 N–H and O–H groups in total. The fourth-order valence-corrected chi connectivity index (χ4v) is 1.89. The van der Waals surface area contributed by atoms with Crippen molar-refractivity contribution in [2.75, 3.05) is 0 Å². The van der Waals surface area contributed by atoms with Crippen LogP contribution in [-0.4, -0.2) is 16.1 Å². The van der Waals surface area contributed by atoms with Crippen molar-refractivity contribution in [1.82, 2.24) is 10.2 Å². The van der Waals surface area contributed by atoms with E-state index in [1.165, 1.54) is 0 Å². The molecular weight excluding hydrogens is 306 g/mol. The number of primary amides is 1. The molecule has 96 valence electrons. The molecule has 1 aromatic heterocycles. The lowest BCUT2D eigenvalue weighted by Crippen LogP contribution is -2.09. The summed E-state index contributed by atoms with van der Waals surface area (Å²) in [5, 5.41) is 7.91. The summed E-state index contributed by atoms with van der Waals surface area (Å²) in [6, 6.07) is 14.8. The molecule has 0 spiro atoms. The average molecular weight is 318 g/mol. The first kappa shape index (κ1) is 13.3. The molecule has 1 heterocycles. The van der Waals surface area contributed by atoms with E-state index in [2.05, 4.69) is 26.1 Å². The summed E-state index contributed by atoms with van der Waals surface area (Å²) >= 11 is 3.38. The van der Waals surface area contributed by atoms with E-state index in [0.29, 0.717) is 5.56 Å². The first-order valence-corrected chi connectivity index (χ1v) is 6.39. The van der Waals surface area contributed by atoms with Gasteiger partial charge in [0.1, 0.15) is 0 Å². The Hall–Kier alpha value is -2.14. The second kappa shape index (κ2) is 6.15. The van der Waals surface area contributed by atoms with Crippen molar-refractivity contribution < 1.29 is 4.79 Å². The Morgan fingerprint density at radius 2 is 1.89 bits per heavy atom. The summed E-state index contributed by atoms with van der Waals surface area (Å²) in [5.74, 6) is -0.379. The van der Waals surface area contributed by atoms with E-state index < -0.39 is 0 Å². The maximum absolute atomic E-state index is 10.4. The van der Waals surface area contributed by atoms with Crippen molar-refractivity contribution in [3.63, 3.8) is 0 Å². The zero-order valence-electron chi connectivity index (χ0n) is 10.0. The lowest BCUT2D eigenvalue weighted by Gasteiger charge is -1.89. The van der Waals surface area contributed by atoms with E-state index in [0.717, 1.165) is 15.4 Å². The number of benzene rings is 2. The number of nitrogens with zero attached hydrogens (tertiary/aromatic N) is 1. The van der Waals surface area contributed by atoms with Gasteiger partial charge in [-0.2, -0.15) is 5.10 Å². The van der Waals surface area contributed by atoms with E-state index in [1.807, 2.05) is 24.3 Å². The van der Waals surface area contributed by atoms with E-state index in [1.54, 1.807) is 30.5 Å². The molecule has 0 fully saturated rings. The van der Waals surface area contributed by atoms with E-state index >= 15 is 0 Å². The largest absolute Gasteiger partial charge is 0.366 e. The number of nitrogens with two attached hydrogens (primary N) is 1. The van der Waals surface area contributed by atoms with Crippen LogP contribution < -0.4 is 5.73 Å². The molecule has 0 unspecified atom stereocenters. The molecular formula is C14H12BrN3O. The lowest BCUT2D eigenvalue weighted by atomic mass is 10.2. The number of halogens is 1. The third-order valence-corrected chi connectivity index (χ3v) is 2.95. The van der Waals surface area contributed by atoms with Crippen LogP contribution in [0.1, 0.15) is 10.4 Å². The summed E-state index contributed by atoms with van der Waals surface area (Å²) in [6.45, 7) is 0. The number of hydrogen-bond acceptors (Lipinski definition) is 2. The molecule has 4 nitrogen and oxygen atoms in total. The van der Waals surface area contributed by atoms with Crippen LogP contribution in [0.5, 0.6) is 0 Å². The van der Waals surface area contributed by atoms with Crippen LogP contribution in [0.3, 0.4) is 0 Å². The minimum atomic E-state index is -0.379. The number of aromatic amines is 1. The molecule has 0 aliphatic rings. The Kier molecular flexibility index (Phi) is 4.30. The van der Waals surface area contributed by atoms with Gasteiger partial charge < -0.3 is 5.73 Å². The number of rotatable bonds is 1. The Balaban J connectivity index is 0.000000141. The highest BCUT2D eigenvalue weighted by atomic mass is 79.9. The summed E-state index contributed by atoms with van der Waals surface area (Å²) in [4.78, 5) is 10.4. The van der Waals surface area contributed by atoms with Gasteiger partial charge >= 0.3 is 0 Å². The third-order valence-electron chi connectivity index (χ3n) is 2.46. The summed E-state index contributed by atoms with van der Waals surface area (Å²) in [5.41, 5.74) is 6.60. The van der Waals surface area contributed by atoms with Crippen LogP contribution in [0.2, 0.25) is 0 Å². The molecule has 0 aliphatic carbocycles. The Bertz CT molecular complexity index is 679. The van der Waals surface area contributed by atoms with Crippen molar-refractivity contribution in [2.45, 2.75) is 0 Å². The molecule has 0 radical (unpaired) electrons. The Labute approximate surface area is 118 Å². The van der Waals surface area contributed by atoms with Gasteiger partial charge in [-0.1, -0.05) is 34.1 Å². The molecule has 3 rings (SSSR count). The van der Waals surface area contributed by atoms with Gasteiger partial charge in [-0.15, -0.1) is 0 Å². The van der Waals surface area contributed by atoms with Gasteiger partial charge in [0, 0.05) is 15.4 Å². The van der Waals surface area contributed by atoms with Gasteiger partial charge in [-0.05, 0) is 30.3 Å². The predicted octanol–water partition coefficient (Wildman–Crippen LogP) is 3.11. The number of fused-ring (bicyclic) bond motifs is 1. The molecule has 0 saturated carbocycles. The molecule has 19 heavy (non-hydrogen) atoms. The van der Waals surface area contributed by atoms with E-state index in [4.69, 9.17) is 5.73 Å². The zero-order valence-corrected chi connectivity index (χ0v) is 11.6. The maximum Gasteiger partial charge on any atom is 0.248 e. The highest BCUT2D eigenvalue weighted by molar-refractivity contribution is 9.10. The minimum absolute atomic E-state index is 0.379. The molecule has 0 bridgehead atoms. The van der Waals surface area contributed by atoms with Crippen LogP contribution in [0.4, 0.5) is 0 Å². The highest BCUT2D eigenvalue weighted by Gasteiger charge is 1.94. The molecule has 0 aliphatic heterocycles. The number of amides is 1. The van der Waals surface area contributed by atoms with Crippen molar-refractivity contribution >= 4 is 32.7 Å². The molecule has 3 aromatic rings. The molecule has 1 amide bonds. The van der Waals surface area contributed by atoms with Gasteiger partial charge in [-0.3, -0.25) is 9.89 Å². The molecule has 0 saturated heterocycles. The highest BCUT2D eigenvalue weighted by Crippen LogP contribution is 2.16. The maximum atomic E-state index is 10.4. The van der Waals surface area contributed by atoms with Gasteiger partial charge in [0.2, 0.25) is 5.91 Å². The third kappa shape index (κ3) is 3.66. The van der Waals surface area contributed by atoms with E-state index in [-0.39, 0.29) is 5.91 Å². The first-order valence-electron chi connectivity index (χ1n) is 5.60. The Morgan fingerprint density at radius 3 is 2.53 bits per heavy atom. The van der Waals surface area contributed by atoms with Gasteiger partial charge in [0.05, 0.1) is 11.7 Å². The second-order valence-electron chi connectivity index (χ2n) is 3.83. The normalized spacial score (nSPS) is 9.74. The van der Waals surface area contributed by atoms with Crippen molar-refractivity contribution in [2.24, 2.45) is 5.73 Å². The number of nitrogens with one attached hydrogen (secondary N) is 1. The fourth-order valence-electron chi connectivity index (χ4n) is 1.52. The molecule has 0 atom stereocenters. The molecule has 2 aromatic carbocycles. The summed E-state index contributed by atoms with van der Waals surface area (Å²) < 4.78 is 1.08. The number of aromatic nitrogens is 2. The van der Waals surface area contributed by atoms with Crippen LogP contribution >= 0.6 is 15.9 Å². The van der Waals surface area contributed by atoms with E-state index in [9.17, 15) is 4.79 Å². The monoisotopic (exact) mass is 317 g/mol. The summed E-state index contributed by atoms with van der Waals surface area (Å²) in [6.07, 6.45) is 1.81. The van der Waals surface area contributed by atoms with Gasteiger partial charge in [-0.25, -0.2) is 0 Å². The lowest BCUT2D eigenvalue weighted by molar-refractivity contribution is 0.100. The number of carbonyl (C=O) groups is 1. The van der Waals surface area contributed by atoms with Gasteiger partial charge in [0.25, 0.3) is 0 Å². The van der Waals surface area contributed by atoms with Crippen molar-refractivity contribution in [3.05, 3.63) is 64.8 Å².